The highest BCUT2D eigenvalue weighted by Crippen LogP contribution is 2.40. The molecule has 13 rings (SSSR count). The van der Waals surface area contributed by atoms with Crippen LogP contribution in [0.15, 0.2) is 241 Å². The van der Waals surface area contributed by atoms with E-state index >= 15 is 0 Å². The second-order valence-electron chi connectivity index (χ2n) is 17.2. The molecule has 0 fully saturated rings. The molecule has 320 valence electrons. The molecule has 0 radical (unpaired) electrons. The maximum atomic E-state index is 6.12. The van der Waals surface area contributed by atoms with Gasteiger partial charge in [0, 0.05) is 39.6 Å². The molecule has 0 atom stereocenters. The number of benzene rings is 11. The first-order chi connectivity index (χ1) is 33.6. The Labute approximate surface area is 396 Å². The molecular weight excluding hydrogens is 849 g/mol. The summed E-state index contributed by atoms with van der Waals surface area (Å²) < 4.78 is 7.33. The van der Waals surface area contributed by atoms with Crippen LogP contribution in [0.25, 0.3) is 97.9 Å². The third-order valence-electron chi connectivity index (χ3n) is 12.8. The third kappa shape index (κ3) is 7.49. The molecule has 0 aliphatic carbocycles. The van der Waals surface area contributed by atoms with Gasteiger partial charge in [0.05, 0.1) is 10.2 Å². The number of para-hydroxylation sites is 3. The van der Waals surface area contributed by atoms with Gasteiger partial charge < -0.3 is 14.6 Å². The van der Waals surface area contributed by atoms with Gasteiger partial charge in [-0.25, -0.2) is 9.97 Å². The SMILES string of the molecule is c1ccc(-c2ccc(N(c3ccc4cc(-c5ccc(Nc6ccc7cc(-c8nc9ccccc9s8)ccc7c6)cc5)ccc4c3)c3ccc4cc(-c5nc6ccccc6o5)ccc4c3)cc2)cc1. The minimum atomic E-state index is 0.624. The Morgan fingerprint density at radius 2 is 0.853 bits per heavy atom. The minimum absolute atomic E-state index is 0.624. The fourth-order valence-electron chi connectivity index (χ4n) is 9.30. The molecular formula is C62H40N4OS. The number of nitrogens with one attached hydrogen (secondary N) is 1. The molecule has 2 aromatic heterocycles. The molecule has 1 N–H and O–H groups in total. The van der Waals surface area contributed by atoms with Crippen LogP contribution >= 0.6 is 11.3 Å². The summed E-state index contributed by atoms with van der Waals surface area (Å²) in [7, 11) is 0. The van der Waals surface area contributed by atoms with Crippen LogP contribution in [0.5, 0.6) is 0 Å². The van der Waals surface area contributed by atoms with Crippen molar-refractivity contribution < 1.29 is 4.42 Å². The van der Waals surface area contributed by atoms with Crippen molar-refractivity contribution in [1.82, 2.24) is 9.97 Å². The highest BCUT2D eigenvalue weighted by molar-refractivity contribution is 7.21. The zero-order chi connectivity index (χ0) is 45.0. The zero-order valence-corrected chi connectivity index (χ0v) is 37.5. The molecule has 11 aromatic carbocycles. The summed E-state index contributed by atoms with van der Waals surface area (Å²) in [6, 6.07) is 84.0. The monoisotopic (exact) mass is 888 g/mol. The van der Waals surface area contributed by atoms with Gasteiger partial charge in [-0.15, -0.1) is 11.3 Å². The number of fused-ring (bicyclic) bond motifs is 5. The number of hydrogen-bond acceptors (Lipinski definition) is 6. The van der Waals surface area contributed by atoms with Gasteiger partial charge in [0.15, 0.2) is 5.58 Å². The molecule has 5 nitrogen and oxygen atoms in total. The predicted molar refractivity (Wildman–Crippen MR) is 286 cm³/mol. The quantitative estimate of drug-likeness (QED) is 0.156. The largest absolute Gasteiger partial charge is 0.436 e. The number of oxazole rings is 1. The number of thiazole rings is 1. The Bertz CT molecular complexity index is 3940. The average Bonchev–Trinajstić information content (AvgIpc) is 4.05. The van der Waals surface area contributed by atoms with E-state index in [-0.39, 0.29) is 0 Å². The second-order valence-corrected chi connectivity index (χ2v) is 18.2. The van der Waals surface area contributed by atoms with Crippen LogP contribution in [0.3, 0.4) is 0 Å². The Morgan fingerprint density at radius 1 is 0.353 bits per heavy atom. The maximum absolute atomic E-state index is 6.12. The molecule has 0 unspecified atom stereocenters. The van der Waals surface area contributed by atoms with E-state index in [0.29, 0.717) is 5.89 Å². The van der Waals surface area contributed by atoms with Crippen molar-refractivity contribution in [3.05, 3.63) is 237 Å². The van der Waals surface area contributed by atoms with Gasteiger partial charge in [-0.05, 0) is 164 Å². The number of rotatable bonds is 9. The van der Waals surface area contributed by atoms with Crippen LogP contribution in [0, 0.1) is 0 Å². The standard InChI is InChI=1S/C62H40N4OS/c1-2-8-40(9-3-1)41-23-30-54(31-24-41)66(56-33-26-46-35-50(18-16-49(46)39-56)61-64-57-10-4-6-12-59(57)67-61)55-32-25-45-34-43(14-15-48(45)38-55)42-20-27-52(28-21-42)63-53-29-22-44-36-51(19-17-47(44)37-53)62-65-58-11-5-7-13-60(58)68-62/h1-39,63H. The highest BCUT2D eigenvalue weighted by atomic mass is 32.1. The van der Waals surface area contributed by atoms with Crippen molar-refractivity contribution in [3.8, 4) is 44.3 Å². The first-order valence-electron chi connectivity index (χ1n) is 22.8. The molecule has 13 aromatic rings. The molecule has 0 spiro atoms. The van der Waals surface area contributed by atoms with Crippen LogP contribution < -0.4 is 10.2 Å². The summed E-state index contributed by atoms with van der Waals surface area (Å²) in [4.78, 5) is 12.0. The third-order valence-corrected chi connectivity index (χ3v) is 13.9. The van der Waals surface area contributed by atoms with Gasteiger partial charge in [-0.3, -0.25) is 0 Å². The lowest BCUT2D eigenvalue weighted by Crippen LogP contribution is -2.10. The minimum Gasteiger partial charge on any atom is -0.436 e. The molecule has 0 aliphatic heterocycles. The Balaban J connectivity index is 0.772. The summed E-state index contributed by atoms with van der Waals surface area (Å²) in [6.45, 7) is 0. The maximum Gasteiger partial charge on any atom is 0.227 e. The number of hydrogen-bond donors (Lipinski definition) is 1. The van der Waals surface area contributed by atoms with Crippen molar-refractivity contribution in [2.45, 2.75) is 0 Å². The van der Waals surface area contributed by atoms with Crippen LogP contribution in [0.1, 0.15) is 0 Å². The van der Waals surface area contributed by atoms with Gasteiger partial charge >= 0.3 is 0 Å². The van der Waals surface area contributed by atoms with E-state index in [2.05, 4.69) is 216 Å². The Hall–Kier alpha value is -8.84. The fourth-order valence-corrected chi connectivity index (χ4v) is 10.3. The Morgan fingerprint density at radius 3 is 1.59 bits per heavy atom. The van der Waals surface area contributed by atoms with Crippen molar-refractivity contribution in [2.24, 2.45) is 0 Å². The van der Waals surface area contributed by atoms with Gasteiger partial charge in [0.1, 0.15) is 10.5 Å². The van der Waals surface area contributed by atoms with Gasteiger partial charge in [-0.1, -0.05) is 127 Å². The first kappa shape index (κ1) is 39.5. The topological polar surface area (TPSA) is 54.2 Å². The number of anilines is 5. The fraction of sp³-hybridized carbons (Fsp3) is 0. The molecule has 68 heavy (non-hydrogen) atoms. The van der Waals surface area contributed by atoms with Gasteiger partial charge in [0.2, 0.25) is 5.89 Å². The van der Waals surface area contributed by atoms with Crippen LogP contribution in [0.2, 0.25) is 0 Å². The molecule has 2 heterocycles. The van der Waals surface area contributed by atoms with E-state index in [0.717, 1.165) is 77.5 Å². The smallest absolute Gasteiger partial charge is 0.227 e. The lowest BCUT2D eigenvalue weighted by Gasteiger charge is -2.26. The summed E-state index contributed by atoms with van der Waals surface area (Å²) in [5.74, 6) is 0.624. The van der Waals surface area contributed by atoms with E-state index in [9.17, 15) is 0 Å². The van der Waals surface area contributed by atoms with E-state index in [4.69, 9.17) is 14.4 Å². The van der Waals surface area contributed by atoms with Crippen molar-refractivity contribution >= 4 is 93.4 Å². The van der Waals surface area contributed by atoms with Gasteiger partial charge in [-0.2, -0.15) is 0 Å². The van der Waals surface area contributed by atoms with E-state index in [1.807, 2.05) is 30.3 Å². The van der Waals surface area contributed by atoms with Crippen LogP contribution in [-0.2, 0) is 0 Å². The molecule has 0 saturated heterocycles. The summed E-state index contributed by atoms with van der Waals surface area (Å²) in [5.41, 5.74) is 14.8. The zero-order valence-electron chi connectivity index (χ0n) is 36.7. The summed E-state index contributed by atoms with van der Waals surface area (Å²) in [6.07, 6.45) is 0. The normalized spacial score (nSPS) is 11.5. The molecule has 0 saturated carbocycles. The van der Waals surface area contributed by atoms with E-state index in [1.165, 1.54) is 42.9 Å². The predicted octanol–water partition coefficient (Wildman–Crippen LogP) is 17.8. The van der Waals surface area contributed by atoms with E-state index in [1.54, 1.807) is 11.3 Å². The Kier molecular flexibility index (Phi) is 9.62. The first-order valence-corrected chi connectivity index (χ1v) is 23.6. The number of aromatic nitrogens is 2. The van der Waals surface area contributed by atoms with Crippen molar-refractivity contribution in [3.63, 3.8) is 0 Å². The van der Waals surface area contributed by atoms with Crippen LogP contribution in [-0.4, -0.2) is 9.97 Å². The van der Waals surface area contributed by atoms with Crippen LogP contribution in [0.4, 0.5) is 28.4 Å². The summed E-state index contributed by atoms with van der Waals surface area (Å²) in [5, 5.41) is 11.6. The molecule has 0 bridgehead atoms. The van der Waals surface area contributed by atoms with Crippen molar-refractivity contribution in [2.75, 3.05) is 10.2 Å². The lowest BCUT2D eigenvalue weighted by atomic mass is 10.00. The average molecular weight is 889 g/mol. The molecule has 0 aliphatic rings. The second kappa shape index (κ2) is 16.5. The molecule has 0 amide bonds. The van der Waals surface area contributed by atoms with E-state index < -0.39 is 0 Å². The lowest BCUT2D eigenvalue weighted by molar-refractivity contribution is 0.620. The molecule has 6 heteroatoms. The summed E-state index contributed by atoms with van der Waals surface area (Å²) >= 11 is 1.73. The van der Waals surface area contributed by atoms with Gasteiger partial charge in [0.25, 0.3) is 0 Å². The number of nitrogens with zero attached hydrogens (tertiary/aromatic N) is 3. The van der Waals surface area contributed by atoms with Crippen molar-refractivity contribution in [1.29, 1.82) is 0 Å². The highest BCUT2D eigenvalue weighted by Gasteiger charge is 2.16.